The van der Waals surface area contributed by atoms with Crippen LogP contribution in [0.2, 0.25) is 0 Å². The summed E-state index contributed by atoms with van der Waals surface area (Å²) in [5.74, 6) is -2.28. The van der Waals surface area contributed by atoms with Gasteiger partial charge in [-0.25, -0.2) is 9.59 Å². The fourth-order valence-electron chi connectivity index (χ4n) is 4.43. The Kier molecular flexibility index (Phi) is 6.40. The number of ether oxygens (including phenoxy) is 3. The van der Waals surface area contributed by atoms with E-state index in [1.807, 2.05) is 37.3 Å². The van der Waals surface area contributed by atoms with Crippen LogP contribution < -0.4 is 11.1 Å². The third-order valence-corrected chi connectivity index (χ3v) is 5.80. The molecule has 3 N–H and O–H groups in total. The number of amides is 1. The predicted molar refractivity (Wildman–Crippen MR) is 124 cm³/mol. The molecule has 2 aromatic carbocycles. The summed E-state index contributed by atoms with van der Waals surface area (Å²) < 4.78 is 16.7. The minimum Gasteiger partial charge on any atom is -0.462 e. The van der Waals surface area contributed by atoms with Gasteiger partial charge in [0.2, 0.25) is 11.8 Å². The molecule has 0 aromatic heterocycles. The molecule has 2 heterocycles. The molecule has 1 atom stereocenters. The smallest absolute Gasteiger partial charge is 0.341 e. The number of rotatable bonds is 7. The summed E-state index contributed by atoms with van der Waals surface area (Å²) in [6.45, 7) is 3.57. The van der Waals surface area contributed by atoms with Gasteiger partial charge in [-0.15, -0.1) is 0 Å². The van der Waals surface area contributed by atoms with Gasteiger partial charge in [0.25, 0.3) is 0 Å². The molecule has 0 unspecified atom stereocenters. The maximum Gasteiger partial charge on any atom is 0.341 e. The van der Waals surface area contributed by atoms with Crippen molar-refractivity contribution in [3.05, 3.63) is 88.5 Å². The number of fused-ring (bicyclic) bond motifs is 2. The van der Waals surface area contributed by atoms with E-state index < -0.39 is 23.3 Å². The number of para-hydroxylation sites is 1. The lowest BCUT2D eigenvalue weighted by molar-refractivity contribution is -0.144. The maximum atomic E-state index is 13.7. The van der Waals surface area contributed by atoms with E-state index in [-0.39, 0.29) is 36.0 Å². The Morgan fingerprint density at radius 2 is 1.65 bits per heavy atom. The van der Waals surface area contributed by atoms with Crippen molar-refractivity contribution in [1.29, 1.82) is 0 Å². The van der Waals surface area contributed by atoms with Crippen LogP contribution in [-0.4, -0.2) is 24.5 Å². The van der Waals surface area contributed by atoms with Gasteiger partial charge in [0.05, 0.1) is 6.61 Å². The molecule has 2 aliphatic rings. The van der Waals surface area contributed by atoms with Gasteiger partial charge < -0.3 is 25.3 Å². The zero-order valence-corrected chi connectivity index (χ0v) is 19.1. The molecule has 0 fully saturated rings. The summed E-state index contributed by atoms with van der Waals surface area (Å²) in [5.41, 5.74) is 5.72. The van der Waals surface area contributed by atoms with Crippen molar-refractivity contribution in [3.8, 4) is 0 Å². The molecule has 0 bridgehead atoms. The Hall–Kier alpha value is -4.07. The molecule has 34 heavy (non-hydrogen) atoms. The molecule has 0 radical (unpaired) electrons. The van der Waals surface area contributed by atoms with Gasteiger partial charge in [-0.05, 0) is 25.0 Å². The lowest BCUT2D eigenvalue weighted by Gasteiger charge is -2.36. The van der Waals surface area contributed by atoms with Crippen molar-refractivity contribution in [3.63, 3.8) is 0 Å². The monoisotopic (exact) mass is 462 g/mol. The normalized spacial score (nSPS) is 18.9. The number of carbonyl (C=O) groups is 3. The highest BCUT2D eigenvalue weighted by atomic mass is 16.5. The highest BCUT2D eigenvalue weighted by Gasteiger charge is 2.62. The molecule has 8 nitrogen and oxygen atoms in total. The number of nitrogens with two attached hydrogens (primary N) is 1. The predicted octanol–water partition coefficient (Wildman–Crippen LogP) is 3.44. The summed E-state index contributed by atoms with van der Waals surface area (Å²) in [7, 11) is 0. The quantitative estimate of drug-likeness (QED) is 0.606. The van der Waals surface area contributed by atoms with Crippen LogP contribution in [0.1, 0.15) is 37.8 Å². The van der Waals surface area contributed by atoms with Gasteiger partial charge >= 0.3 is 11.9 Å². The van der Waals surface area contributed by atoms with E-state index in [1.165, 1.54) is 0 Å². The third-order valence-electron chi connectivity index (χ3n) is 5.80. The average molecular weight is 463 g/mol. The summed E-state index contributed by atoms with van der Waals surface area (Å²) in [6.07, 6.45) is 0.913. The van der Waals surface area contributed by atoms with Crippen LogP contribution in [0.25, 0.3) is 0 Å². The fourth-order valence-corrected chi connectivity index (χ4v) is 4.43. The van der Waals surface area contributed by atoms with E-state index in [0.29, 0.717) is 24.1 Å². The molecule has 176 valence electrons. The molecule has 0 saturated carbocycles. The number of carbonyl (C=O) groups excluding carboxylic acids is 3. The second-order valence-corrected chi connectivity index (χ2v) is 7.92. The van der Waals surface area contributed by atoms with Crippen LogP contribution in [-0.2, 0) is 40.6 Å². The number of allylic oxidation sites excluding steroid dienone is 1. The Balaban J connectivity index is 1.91. The van der Waals surface area contributed by atoms with Gasteiger partial charge in [-0.1, -0.05) is 55.5 Å². The minimum absolute atomic E-state index is 0.0180. The Morgan fingerprint density at radius 3 is 2.35 bits per heavy atom. The van der Waals surface area contributed by atoms with Gasteiger partial charge in [-0.3, -0.25) is 4.79 Å². The first kappa shape index (κ1) is 23.1. The SMILES string of the molecule is CCCC1=C(C(=O)OCc2ccccc2)[C@@]2(C(=O)Nc3ccccc32)C(C(=O)OCC)=C(N)O1. The van der Waals surface area contributed by atoms with Crippen molar-refractivity contribution in [1.82, 2.24) is 0 Å². The molecule has 2 aliphatic heterocycles. The number of nitrogens with one attached hydrogen (secondary N) is 1. The molecule has 1 spiro atoms. The highest BCUT2D eigenvalue weighted by Crippen LogP contribution is 2.53. The van der Waals surface area contributed by atoms with Crippen LogP contribution >= 0.6 is 0 Å². The summed E-state index contributed by atoms with van der Waals surface area (Å²) in [5, 5.41) is 2.79. The first-order chi connectivity index (χ1) is 16.4. The van der Waals surface area contributed by atoms with Crippen LogP contribution in [0.3, 0.4) is 0 Å². The summed E-state index contributed by atoms with van der Waals surface area (Å²) in [4.78, 5) is 40.5. The number of hydrogen-bond donors (Lipinski definition) is 2. The highest BCUT2D eigenvalue weighted by molar-refractivity contribution is 6.21. The third kappa shape index (κ3) is 3.71. The van der Waals surface area contributed by atoms with Crippen molar-refractivity contribution >= 4 is 23.5 Å². The molecule has 0 aliphatic carbocycles. The van der Waals surface area contributed by atoms with E-state index >= 15 is 0 Å². The molecule has 2 aromatic rings. The molecule has 8 heteroatoms. The standard InChI is InChI=1S/C26H26N2O6/c1-3-10-19-20(23(29)33-15-16-11-6-5-7-12-16)26(21(22(27)34-19)24(30)32-4-2)17-13-8-9-14-18(17)28-25(26)31/h5-9,11-14H,3-4,10,15,27H2,1-2H3,(H,28,31)/t26-/m1/s1. The zero-order valence-electron chi connectivity index (χ0n) is 19.1. The number of hydrogen-bond acceptors (Lipinski definition) is 7. The zero-order chi connectivity index (χ0) is 24.3. The van der Waals surface area contributed by atoms with Gasteiger partial charge in [0, 0.05) is 17.7 Å². The van der Waals surface area contributed by atoms with Crippen LogP contribution in [0, 0.1) is 0 Å². The largest absolute Gasteiger partial charge is 0.462 e. The number of anilines is 1. The van der Waals surface area contributed by atoms with E-state index in [0.717, 1.165) is 5.56 Å². The Bertz CT molecular complexity index is 1200. The fraction of sp³-hybridized carbons (Fsp3) is 0.269. The van der Waals surface area contributed by atoms with E-state index in [4.69, 9.17) is 19.9 Å². The minimum atomic E-state index is -1.86. The van der Waals surface area contributed by atoms with Gasteiger partial charge in [0.15, 0.2) is 0 Å². The first-order valence-electron chi connectivity index (χ1n) is 11.2. The molecule has 0 saturated heterocycles. The molecule has 4 rings (SSSR count). The number of benzene rings is 2. The van der Waals surface area contributed by atoms with Gasteiger partial charge in [-0.2, -0.15) is 0 Å². The van der Waals surface area contributed by atoms with Gasteiger partial charge in [0.1, 0.15) is 28.9 Å². The van der Waals surface area contributed by atoms with E-state index in [1.54, 1.807) is 31.2 Å². The van der Waals surface area contributed by atoms with Crippen LogP contribution in [0.5, 0.6) is 0 Å². The Morgan fingerprint density at radius 1 is 0.971 bits per heavy atom. The molecular weight excluding hydrogens is 436 g/mol. The summed E-state index contributed by atoms with van der Waals surface area (Å²) >= 11 is 0. The second kappa shape index (κ2) is 9.43. The van der Waals surface area contributed by atoms with E-state index in [9.17, 15) is 14.4 Å². The molecular formula is C26H26N2O6. The van der Waals surface area contributed by atoms with E-state index in [2.05, 4.69) is 5.32 Å². The van der Waals surface area contributed by atoms with Crippen molar-refractivity contribution in [2.45, 2.75) is 38.7 Å². The van der Waals surface area contributed by atoms with Crippen LogP contribution in [0.4, 0.5) is 5.69 Å². The topological polar surface area (TPSA) is 117 Å². The molecule has 1 amide bonds. The maximum absolute atomic E-state index is 13.7. The average Bonchev–Trinajstić information content (AvgIpc) is 3.10. The van der Waals surface area contributed by atoms with Crippen molar-refractivity contribution in [2.24, 2.45) is 5.73 Å². The Labute approximate surface area is 197 Å². The lowest BCUT2D eigenvalue weighted by atomic mass is 9.67. The van der Waals surface area contributed by atoms with Crippen molar-refractivity contribution < 1.29 is 28.6 Å². The lowest BCUT2D eigenvalue weighted by Crippen LogP contribution is -2.48. The second-order valence-electron chi connectivity index (χ2n) is 7.92. The van der Waals surface area contributed by atoms with Crippen LogP contribution in [0.15, 0.2) is 77.4 Å². The first-order valence-corrected chi connectivity index (χ1v) is 11.2. The van der Waals surface area contributed by atoms with Crippen molar-refractivity contribution in [2.75, 3.05) is 11.9 Å². The number of esters is 2. The summed E-state index contributed by atoms with van der Waals surface area (Å²) in [6, 6.07) is 16.0.